The second-order valence-corrected chi connectivity index (χ2v) is 6.98. The minimum atomic E-state index is -0.0325. The highest BCUT2D eigenvalue weighted by molar-refractivity contribution is 6.30. The van der Waals surface area contributed by atoms with Gasteiger partial charge in [0.25, 0.3) is 0 Å². The molecular weight excluding hydrogens is 352 g/mol. The third-order valence-corrected chi connectivity index (χ3v) is 4.84. The summed E-state index contributed by atoms with van der Waals surface area (Å²) in [6, 6.07) is 7.90. The highest BCUT2D eigenvalue weighted by Crippen LogP contribution is 2.13. The van der Waals surface area contributed by atoms with E-state index in [9.17, 15) is 9.59 Å². The van der Waals surface area contributed by atoms with E-state index in [4.69, 9.17) is 11.6 Å². The lowest BCUT2D eigenvalue weighted by atomic mass is 10.2. The van der Waals surface area contributed by atoms with Crippen molar-refractivity contribution in [2.75, 3.05) is 52.4 Å². The van der Waals surface area contributed by atoms with Gasteiger partial charge in [-0.25, -0.2) is 0 Å². The molecule has 0 aliphatic carbocycles. The van der Waals surface area contributed by atoms with E-state index in [0.29, 0.717) is 19.6 Å². The summed E-state index contributed by atoms with van der Waals surface area (Å²) >= 11 is 5.92. The van der Waals surface area contributed by atoms with E-state index in [1.807, 2.05) is 47.9 Å². The number of nitrogens with zero attached hydrogens (tertiary/aromatic N) is 3. The molecule has 0 aromatic heterocycles. The van der Waals surface area contributed by atoms with Gasteiger partial charge in [0.05, 0.1) is 13.1 Å². The molecule has 2 rings (SSSR count). The molecule has 1 aliphatic heterocycles. The van der Waals surface area contributed by atoms with Crippen molar-refractivity contribution >= 4 is 23.4 Å². The summed E-state index contributed by atoms with van der Waals surface area (Å²) in [5, 5.41) is 3.52. The van der Waals surface area contributed by atoms with Crippen LogP contribution >= 0.6 is 11.6 Å². The fraction of sp³-hybridized carbons (Fsp3) is 0.579. The first kappa shape index (κ1) is 20.7. The van der Waals surface area contributed by atoms with Crippen LogP contribution in [0.2, 0.25) is 5.02 Å². The largest absolute Gasteiger partial charge is 0.355 e. The zero-order valence-electron chi connectivity index (χ0n) is 15.7. The second-order valence-electron chi connectivity index (χ2n) is 6.54. The summed E-state index contributed by atoms with van der Waals surface area (Å²) < 4.78 is 0. The van der Waals surface area contributed by atoms with E-state index in [-0.39, 0.29) is 18.4 Å². The van der Waals surface area contributed by atoms with Gasteiger partial charge in [0.2, 0.25) is 11.8 Å². The van der Waals surface area contributed by atoms with Gasteiger partial charge in [0, 0.05) is 44.3 Å². The first-order valence-electron chi connectivity index (χ1n) is 9.25. The van der Waals surface area contributed by atoms with Crippen molar-refractivity contribution in [2.24, 2.45) is 0 Å². The van der Waals surface area contributed by atoms with Crippen molar-refractivity contribution in [3.8, 4) is 0 Å². The Balaban J connectivity index is 1.76. The number of halogens is 1. The zero-order valence-corrected chi connectivity index (χ0v) is 16.5. The van der Waals surface area contributed by atoms with Gasteiger partial charge in [0.15, 0.2) is 0 Å². The van der Waals surface area contributed by atoms with Crippen LogP contribution in [0.1, 0.15) is 19.4 Å². The molecule has 0 spiro atoms. The van der Waals surface area contributed by atoms with Crippen LogP contribution in [0, 0.1) is 0 Å². The highest BCUT2D eigenvalue weighted by Gasteiger charge is 2.23. The molecular formula is C19H29ClN4O2. The zero-order chi connectivity index (χ0) is 18.9. The predicted octanol–water partition coefficient (Wildman–Crippen LogP) is 1.44. The number of nitrogens with one attached hydrogen (secondary N) is 1. The van der Waals surface area contributed by atoms with E-state index in [2.05, 4.69) is 10.2 Å². The SMILES string of the molecule is CCNC(=O)CN(CC)CC(=O)N1CCN(Cc2ccc(Cl)cc2)CC1. The third kappa shape index (κ3) is 6.59. The molecule has 0 unspecified atom stereocenters. The molecule has 0 bridgehead atoms. The van der Waals surface area contributed by atoms with Crippen LogP contribution in [0.4, 0.5) is 0 Å². The lowest BCUT2D eigenvalue weighted by molar-refractivity contribution is -0.134. The van der Waals surface area contributed by atoms with E-state index in [1.54, 1.807) is 0 Å². The number of carbonyl (C=O) groups excluding carboxylic acids is 2. The van der Waals surface area contributed by atoms with Crippen molar-refractivity contribution in [2.45, 2.75) is 20.4 Å². The number of hydrogen-bond donors (Lipinski definition) is 1. The van der Waals surface area contributed by atoms with Gasteiger partial charge in [-0.1, -0.05) is 30.7 Å². The molecule has 0 atom stereocenters. The molecule has 1 aromatic carbocycles. The van der Waals surface area contributed by atoms with Gasteiger partial charge in [-0.3, -0.25) is 19.4 Å². The van der Waals surface area contributed by atoms with Crippen molar-refractivity contribution in [1.29, 1.82) is 0 Å². The van der Waals surface area contributed by atoms with Crippen LogP contribution in [0.3, 0.4) is 0 Å². The Hall–Kier alpha value is -1.63. The fourth-order valence-electron chi connectivity index (χ4n) is 3.03. The Morgan fingerprint density at radius 3 is 2.31 bits per heavy atom. The van der Waals surface area contributed by atoms with Crippen molar-refractivity contribution in [3.05, 3.63) is 34.9 Å². The van der Waals surface area contributed by atoms with Crippen LogP contribution < -0.4 is 5.32 Å². The number of piperazine rings is 1. The summed E-state index contributed by atoms with van der Waals surface area (Å²) in [6.45, 7) is 9.76. The van der Waals surface area contributed by atoms with Crippen LogP contribution in [0.15, 0.2) is 24.3 Å². The van der Waals surface area contributed by atoms with Crippen molar-refractivity contribution in [1.82, 2.24) is 20.0 Å². The van der Waals surface area contributed by atoms with E-state index in [1.165, 1.54) is 5.56 Å². The molecule has 1 N–H and O–H groups in total. The summed E-state index contributed by atoms with van der Waals surface area (Å²) in [5.74, 6) is 0.0669. The maximum absolute atomic E-state index is 12.5. The van der Waals surface area contributed by atoms with Crippen molar-refractivity contribution in [3.63, 3.8) is 0 Å². The Bertz CT molecular complexity index is 586. The first-order chi connectivity index (χ1) is 12.5. The Morgan fingerprint density at radius 2 is 1.73 bits per heavy atom. The lowest BCUT2D eigenvalue weighted by Gasteiger charge is -2.35. The number of rotatable bonds is 8. The number of likely N-dealkylation sites (N-methyl/N-ethyl adjacent to an activating group) is 2. The van der Waals surface area contributed by atoms with Crippen LogP contribution in [0.5, 0.6) is 0 Å². The maximum atomic E-state index is 12.5. The van der Waals surface area contributed by atoms with Gasteiger partial charge in [-0.05, 0) is 31.2 Å². The minimum absolute atomic E-state index is 0.0325. The molecule has 6 nitrogen and oxygen atoms in total. The van der Waals surface area contributed by atoms with E-state index >= 15 is 0 Å². The smallest absolute Gasteiger partial charge is 0.236 e. The van der Waals surface area contributed by atoms with Crippen LogP contribution in [0.25, 0.3) is 0 Å². The maximum Gasteiger partial charge on any atom is 0.236 e. The second kappa shape index (κ2) is 10.5. The van der Waals surface area contributed by atoms with E-state index in [0.717, 1.165) is 37.7 Å². The Morgan fingerprint density at radius 1 is 1.08 bits per heavy atom. The quantitative estimate of drug-likeness (QED) is 0.741. The van der Waals surface area contributed by atoms with Gasteiger partial charge < -0.3 is 10.2 Å². The standard InChI is InChI=1S/C19H29ClN4O2/c1-3-21-18(25)14-22(4-2)15-19(26)24-11-9-23(10-12-24)13-16-5-7-17(20)8-6-16/h5-8H,3-4,9-15H2,1-2H3,(H,21,25). The van der Waals surface area contributed by atoms with Gasteiger partial charge in [-0.15, -0.1) is 0 Å². The molecule has 26 heavy (non-hydrogen) atoms. The van der Waals surface area contributed by atoms with Gasteiger partial charge >= 0.3 is 0 Å². The molecule has 1 fully saturated rings. The predicted molar refractivity (Wildman–Crippen MR) is 104 cm³/mol. The molecule has 2 amide bonds. The van der Waals surface area contributed by atoms with Gasteiger partial charge in [0.1, 0.15) is 0 Å². The first-order valence-corrected chi connectivity index (χ1v) is 9.63. The molecule has 1 aromatic rings. The fourth-order valence-corrected chi connectivity index (χ4v) is 3.16. The Kier molecular flexibility index (Phi) is 8.35. The molecule has 1 heterocycles. The summed E-state index contributed by atoms with van der Waals surface area (Å²) in [6.07, 6.45) is 0. The molecule has 144 valence electrons. The number of benzene rings is 1. The molecule has 0 radical (unpaired) electrons. The number of carbonyl (C=O) groups is 2. The molecule has 7 heteroatoms. The normalized spacial score (nSPS) is 15.3. The van der Waals surface area contributed by atoms with Gasteiger partial charge in [-0.2, -0.15) is 0 Å². The topological polar surface area (TPSA) is 55.9 Å². The summed E-state index contributed by atoms with van der Waals surface area (Å²) in [4.78, 5) is 30.4. The van der Waals surface area contributed by atoms with E-state index < -0.39 is 0 Å². The average molecular weight is 381 g/mol. The van der Waals surface area contributed by atoms with Crippen LogP contribution in [-0.4, -0.2) is 78.9 Å². The molecule has 1 aliphatic rings. The lowest BCUT2D eigenvalue weighted by Crippen LogP contribution is -2.51. The molecule has 0 saturated carbocycles. The summed E-state index contributed by atoms with van der Waals surface area (Å²) in [7, 11) is 0. The molecule has 1 saturated heterocycles. The van der Waals surface area contributed by atoms with Crippen molar-refractivity contribution < 1.29 is 9.59 Å². The minimum Gasteiger partial charge on any atom is -0.355 e. The Labute approximate surface area is 161 Å². The summed E-state index contributed by atoms with van der Waals surface area (Å²) in [5.41, 5.74) is 1.23. The average Bonchev–Trinajstić information content (AvgIpc) is 2.63. The third-order valence-electron chi connectivity index (χ3n) is 4.59. The number of amides is 2. The number of hydrogen-bond acceptors (Lipinski definition) is 4. The monoisotopic (exact) mass is 380 g/mol. The highest BCUT2D eigenvalue weighted by atomic mass is 35.5. The van der Waals surface area contributed by atoms with Crippen LogP contribution in [-0.2, 0) is 16.1 Å².